The number of nitrogens with zero attached hydrogens (tertiary/aromatic N) is 2. The van der Waals surface area contributed by atoms with E-state index in [0.717, 1.165) is 48.4 Å². The lowest BCUT2D eigenvalue weighted by Crippen LogP contribution is -2.42. The van der Waals surface area contributed by atoms with Crippen molar-refractivity contribution in [3.8, 4) is 0 Å². The van der Waals surface area contributed by atoms with Gasteiger partial charge in [0.2, 0.25) is 5.91 Å². The van der Waals surface area contributed by atoms with E-state index in [2.05, 4.69) is 22.0 Å². The average molecular weight is 440 g/mol. The summed E-state index contributed by atoms with van der Waals surface area (Å²) in [5, 5.41) is 0.679. The molecule has 2 aromatic carbocycles. The lowest BCUT2D eigenvalue weighted by Gasteiger charge is -2.29. The van der Waals surface area contributed by atoms with Gasteiger partial charge in [-0.3, -0.25) is 9.69 Å². The minimum atomic E-state index is -0.467. The normalized spacial score (nSPS) is 18.1. The third-order valence-electron chi connectivity index (χ3n) is 6.58. The number of carbonyl (C=O) groups is 1. The number of halogens is 2. The van der Waals surface area contributed by atoms with E-state index in [0.29, 0.717) is 11.9 Å². The van der Waals surface area contributed by atoms with Crippen LogP contribution in [0.1, 0.15) is 31.4 Å². The Balaban J connectivity index is 0.00000231. The second-order valence-electron chi connectivity index (χ2n) is 8.74. The van der Waals surface area contributed by atoms with E-state index in [1.54, 1.807) is 6.07 Å². The lowest BCUT2D eigenvalue weighted by molar-refractivity contribution is -0.122. The highest BCUT2D eigenvalue weighted by Gasteiger charge is 2.43. The van der Waals surface area contributed by atoms with Crippen molar-refractivity contribution in [1.82, 2.24) is 9.88 Å². The quantitative estimate of drug-likeness (QED) is 0.611. The first-order valence-electron chi connectivity index (χ1n) is 10.6. The maximum Gasteiger partial charge on any atom is 0.237 e. The van der Waals surface area contributed by atoms with Gasteiger partial charge < -0.3 is 9.88 Å². The number of fused-ring (bicyclic) bond motifs is 2. The first kappa shape index (κ1) is 21.6. The van der Waals surface area contributed by atoms with Crippen LogP contribution in [0.15, 0.2) is 54.7 Å². The molecule has 0 radical (unpaired) electrons. The summed E-state index contributed by atoms with van der Waals surface area (Å²) in [4.78, 5) is 20.5. The van der Waals surface area contributed by atoms with E-state index in [4.69, 9.17) is 0 Å². The molecule has 0 fully saturated rings. The van der Waals surface area contributed by atoms with Crippen molar-refractivity contribution in [2.45, 2.75) is 25.7 Å². The number of rotatable bonds is 4. The van der Waals surface area contributed by atoms with Crippen LogP contribution in [0.2, 0.25) is 0 Å². The number of aromatic amines is 1. The van der Waals surface area contributed by atoms with Crippen LogP contribution < -0.4 is 4.90 Å². The molecule has 3 aromatic rings. The van der Waals surface area contributed by atoms with Crippen molar-refractivity contribution in [3.63, 3.8) is 0 Å². The average Bonchev–Trinajstić information content (AvgIpc) is 3.27. The van der Waals surface area contributed by atoms with Crippen LogP contribution in [0.3, 0.4) is 0 Å². The van der Waals surface area contributed by atoms with E-state index in [1.807, 2.05) is 49.2 Å². The van der Waals surface area contributed by atoms with Crippen molar-refractivity contribution >= 4 is 40.5 Å². The Kier molecular flexibility index (Phi) is 5.67. The predicted octanol–water partition coefficient (Wildman–Crippen LogP) is 5.14. The summed E-state index contributed by atoms with van der Waals surface area (Å²) >= 11 is 0. The number of benzene rings is 2. The number of aromatic nitrogens is 1. The fourth-order valence-corrected chi connectivity index (χ4v) is 4.82. The highest BCUT2D eigenvalue weighted by Crippen LogP contribution is 2.41. The number of carbonyl (C=O) groups excluding carboxylic acids is 1. The monoisotopic (exact) mass is 439 g/mol. The molecule has 0 spiro atoms. The van der Waals surface area contributed by atoms with Crippen molar-refractivity contribution in [1.29, 1.82) is 0 Å². The van der Waals surface area contributed by atoms with E-state index < -0.39 is 5.41 Å². The number of nitrogens with one attached hydrogen (secondary N) is 1. The molecule has 1 N–H and O–H groups in total. The summed E-state index contributed by atoms with van der Waals surface area (Å²) in [6.07, 6.45) is 4.98. The topological polar surface area (TPSA) is 39.3 Å². The van der Waals surface area contributed by atoms with Crippen molar-refractivity contribution in [2.24, 2.45) is 0 Å². The van der Waals surface area contributed by atoms with Gasteiger partial charge in [-0.25, -0.2) is 4.39 Å². The fraction of sp³-hybridized carbons (Fsp3) is 0.320. The predicted molar refractivity (Wildman–Crippen MR) is 126 cm³/mol. The molecule has 162 valence electrons. The van der Waals surface area contributed by atoms with Crippen LogP contribution in [0.5, 0.6) is 0 Å². The second kappa shape index (κ2) is 8.13. The van der Waals surface area contributed by atoms with Gasteiger partial charge in [-0.1, -0.05) is 30.3 Å². The van der Waals surface area contributed by atoms with Crippen LogP contribution in [0.4, 0.5) is 10.1 Å². The summed E-state index contributed by atoms with van der Waals surface area (Å²) in [5.74, 6) is -0.00730. The molecule has 1 amide bonds. The number of H-pyrrole nitrogens is 1. The van der Waals surface area contributed by atoms with Gasteiger partial charge in [0.15, 0.2) is 0 Å². The van der Waals surface area contributed by atoms with Gasteiger partial charge in [0.25, 0.3) is 0 Å². The first-order chi connectivity index (χ1) is 14.5. The molecule has 5 rings (SSSR count). The smallest absolute Gasteiger partial charge is 0.237 e. The third kappa shape index (κ3) is 3.56. The van der Waals surface area contributed by atoms with Crippen molar-refractivity contribution in [2.75, 3.05) is 31.1 Å². The molecule has 0 unspecified atom stereocenters. The number of hydrogen-bond donors (Lipinski definition) is 1. The van der Waals surface area contributed by atoms with Gasteiger partial charge in [-0.2, -0.15) is 0 Å². The van der Waals surface area contributed by atoms with Gasteiger partial charge in [0.1, 0.15) is 5.82 Å². The number of anilines is 1. The van der Waals surface area contributed by atoms with E-state index >= 15 is 0 Å². The molecule has 0 saturated carbocycles. The van der Waals surface area contributed by atoms with Crippen LogP contribution in [0.25, 0.3) is 16.5 Å². The number of amides is 1. The summed E-state index contributed by atoms with van der Waals surface area (Å²) in [7, 11) is 0. The molecule has 2 aliphatic rings. The number of para-hydroxylation sites is 1. The standard InChI is InChI=1S/C25H26FN3O.ClH/c1-25(2)19-6-3-4-9-22(19)29(24(25)30)15-14-28-12-10-17(11-13-28)18-16-27-21-8-5-7-20(26)23(18)21;/h3-10,16,27H,11-15H2,1-2H3;1H. The summed E-state index contributed by atoms with van der Waals surface area (Å²) in [5.41, 5.74) is 4.67. The van der Waals surface area contributed by atoms with E-state index in [9.17, 15) is 9.18 Å². The molecule has 3 heterocycles. The molecule has 2 aliphatic heterocycles. The van der Waals surface area contributed by atoms with Crippen LogP contribution in [-0.2, 0) is 10.2 Å². The Hall–Kier alpha value is -2.63. The minimum absolute atomic E-state index is 0. The zero-order valence-corrected chi connectivity index (χ0v) is 18.6. The Labute approximate surface area is 188 Å². The number of hydrogen-bond acceptors (Lipinski definition) is 2. The molecule has 0 atom stereocenters. The van der Waals surface area contributed by atoms with Gasteiger partial charge >= 0.3 is 0 Å². The first-order valence-corrected chi connectivity index (χ1v) is 10.6. The Morgan fingerprint density at radius 2 is 1.90 bits per heavy atom. The lowest BCUT2D eigenvalue weighted by atomic mass is 9.86. The highest BCUT2D eigenvalue weighted by atomic mass is 35.5. The maximum atomic E-state index is 14.3. The van der Waals surface area contributed by atoms with Crippen LogP contribution in [0, 0.1) is 5.82 Å². The van der Waals surface area contributed by atoms with Crippen molar-refractivity contribution < 1.29 is 9.18 Å². The van der Waals surface area contributed by atoms with Gasteiger partial charge in [-0.05, 0) is 49.6 Å². The largest absolute Gasteiger partial charge is 0.360 e. The fourth-order valence-electron chi connectivity index (χ4n) is 4.82. The zero-order valence-electron chi connectivity index (χ0n) is 17.8. The van der Waals surface area contributed by atoms with E-state index in [-0.39, 0.29) is 24.1 Å². The highest BCUT2D eigenvalue weighted by molar-refractivity contribution is 6.07. The summed E-state index contributed by atoms with van der Waals surface area (Å²) in [6, 6.07) is 13.3. The minimum Gasteiger partial charge on any atom is -0.360 e. The van der Waals surface area contributed by atoms with Gasteiger partial charge in [0, 0.05) is 54.5 Å². The maximum absolute atomic E-state index is 14.3. The Morgan fingerprint density at radius 1 is 1.10 bits per heavy atom. The van der Waals surface area contributed by atoms with Crippen molar-refractivity contribution in [3.05, 3.63) is 71.7 Å². The Bertz CT molecular complexity index is 1170. The Morgan fingerprint density at radius 3 is 2.68 bits per heavy atom. The molecule has 0 aliphatic carbocycles. The molecule has 6 heteroatoms. The molecule has 31 heavy (non-hydrogen) atoms. The third-order valence-corrected chi connectivity index (χ3v) is 6.58. The van der Waals surface area contributed by atoms with Crippen LogP contribution in [-0.4, -0.2) is 42.0 Å². The molecule has 4 nitrogen and oxygen atoms in total. The zero-order chi connectivity index (χ0) is 20.9. The van der Waals surface area contributed by atoms with Crippen LogP contribution >= 0.6 is 12.4 Å². The molecule has 0 saturated heterocycles. The summed E-state index contributed by atoms with van der Waals surface area (Å²) in [6.45, 7) is 7.23. The molecule has 1 aromatic heterocycles. The molecule has 0 bridgehead atoms. The molecular weight excluding hydrogens is 413 g/mol. The second-order valence-corrected chi connectivity index (χ2v) is 8.74. The van der Waals surface area contributed by atoms with Gasteiger partial charge in [0.05, 0.1) is 5.41 Å². The van der Waals surface area contributed by atoms with E-state index in [1.165, 1.54) is 11.6 Å². The SMILES string of the molecule is CC1(C)C(=O)N(CCN2CC=C(c3c[nH]c4cccc(F)c34)CC2)c2ccccc21.Cl. The van der Waals surface area contributed by atoms with Gasteiger partial charge in [-0.15, -0.1) is 12.4 Å². The molecular formula is C25H27ClFN3O. The summed E-state index contributed by atoms with van der Waals surface area (Å²) < 4.78 is 14.3.